The second-order valence-corrected chi connectivity index (χ2v) is 3.23. The lowest BCUT2D eigenvalue weighted by Crippen LogP contribution is -2.04. The first-order valence-corrected chi connectivity index (χ1v) is 4.69. The van der Waals surface area contributed by atoms with Crippen LogP contribution in [0.15, 0.2) is 12.3 Å². The summed E-state index contributed by atoms with van der Waals surface area (Å²) in [7, 11) is 0. The fraction of sp³-hybridized carbons (Fsp3) is 0.444. The van der Waals surface area contributed by atoms with Crippen LogP contribution in [0.2, 0.25) is 0 Å². The third-order valence-electron chi connectivity index (χ3n) is 2.22. The van der Waals surface area contributed by atoms with Gasteiger partial charge in [0.1, 0.15) is 6.20 Å². The Bertz CT molecular complexity index is 403. The molecule has 0 aliphatic carbocycles. The van der Waals surface area contributed by atoms with Gasteiger partial charge in [0, 0.05) is 0 Å². The number of ether oxygens (including phenoxy) is 2. The summed E-state index contributed by atoms with van der Waals surface area (Å²) in [6, 6.07) is 1.42. The molecule has 16 heavy (non-hydrogen) atoms. The van der Waals surface area contributed by atoms with Crippen LogP contribution in [0.3, 0.4) is 0 Å². The number of pyridine rings is 1. The molecule has 1 aliphatic heterocycles. The van der Waals surface area contributed by atoms with E-state index in [-0.39, 0.29) is 11.3 Å². The molecule has 86 valence electrons. The fourth-order valence-electron chi connectivity index (χ4n) is 1.46. The second-order valence-electron chi connectivity index (χ2n) is 3.23. The Hall–Kier alpha value is -1.57. The summed E-state index contributed by atoms with van der Waals surface area (Å²) in [5.41, 5.74) is 0.436. The van der Waals surface area contributed by atoms with E-state index >= 15 is 0 Å². The fourth-order valence-corrected chi connectivity index (χ4v) is 1.46. The highest BCUT2D eigenvalue weighted by molar-refractivity contribution is 5.38. The molecule has 1 fully saturated rings. The van der Waals surface area contributed by atoms with Gasteiger partial charge in [0.15, 0.2) is 0 Å². The molecule has 0 aromatic carbocycles. The van der Waals surface area contributed by atoms with Crippen LogP contribution >= 0.6 is 0 Å². The highest BCUT2D eigenvalue weighted by Crippen LogP contribution is 2.25. The van der Waals surface area contributed by atoms with Crippen molar-refractivity contribution in [2.24, 2.45) is 0 Å². The molecule has 1 aliphatic rings. The number of rotatable bonds is 3. The van der Waals surface area contributed by atoms with Crippen molar-refractivity contribution in [3.63, 3.8) is 0 Å². The van der Waals surface area contributed by atoms with Gasteiger partial charge in [0.25, 0.3) is 5.69 Å². The maximum Gasteiger partial charge on any atom is 0.293 e. The zero-order chi connectivity index (χ0) is 11.5. The predicted octanol–water partition coefficient (Wildman–Crippen LogP) is 0.527. The van der Waals surface area contributed by atoms with E-state index in [0.29, 0.717) is 18.9 Å². The summed E-state index contributed by atoms with van der Waals surface area (Å²) in [5.74, 6) is 0. The molecule has 0 amide bonds. The topological polar surface area (TPSA) is 94.7 Å². The Kier molecular flexibility index (Phi) is 3.09. The molecule has 0 spiro atoms. The Morgan fingerprint density at radius 3 is 2.81 bits per heavy atom. The lowest BCUT2D eigenvalue weighted by atomic mass is 10.2. The molecular formula is C9H10N2O5. The Morgan fingerprint density at radius 2 is 2.25 bits per heavy atom. The summed E-state index contributed by atoms with van der Waals surface area (Å²) in [5, 5.41) is 19.6. The normalized spacial score (nSPS) is 16.6. The third-order valence-corrected chi connectivity index (χ3v) is 2.22. The molecule has 2 rings (SSSR count). The summed E-state index contributed by atoms with van der Waals surface area (Å²) in [6.45, 7) is 0.522. The number of aromatic nitrogens is 1. The quantitative estimate of drug-likeness (QED) is 0.596. The minimum atomic E-state index is -0.592. The molecule has 1 aromatic heterocycles. The molecule has 0 unspecified atom stereocenters. The predicted molar refractivity (Wildman–Crippen MR) is 51.5 cm³/mol. The number of nitrogens with zero attached hydrogens (tertiary/aromatic N) is 2. The average Bonchev–Trinajstić information content (AvgIpc) is 2.81. The molecule has 7 heteroatoms. The van der Waals surface area contributed by atoms with Crippen LogP contribution in [0.1, 0.15) is 17.5 Å². The number of hydrogen-bond acceptors (Lipinski definition) is 6. The van der Waals surface area contributed by atoms with E-state index in [2.05, 4.69) is 4.98 Å². The van der Waals surface area contributed by atoms with E-state index in [0.717, 1.165) is 6.20 Å². The first-order chi connectivity index (χ1) is 7.72. The Labute approximate surface area is 90.8 Å². The number of aliphatic hydroxyl groups is 1. The highest BCUT2D eigenvalue weighted by atomic mass is 16.7. The molecule has 0 bridgehead atoms. The van der Waals surface area contributed by atoms with Gasteiger partial charge < -0.3 is 14.6 Å². The van der Waals surface area contributed by atoms with Gasteiger partial charge in [-0.05, 0) is 6.07 Å². The van der Waals surface area contributed by atoms with Crippen molar-refractivity contribution in [2.45, 2.75) is 12.9 Å². The SMILES string of the molecule is O=[N+]([O-])c1cnc(C2OCCO2)cc1CO. The first kappa shape index (κ1) is 10.9. The summed E-state index contributed by atoms with van der Waals surface area (Å²) in [6.07, 6.45) is 0.512. The van der Waals surface area contributed by atoms with Crippen molar-refractivity contribution >= 4 is 5.69 Å². The van der Waals surface area contributed by atoms with E-state index in [4.69, 9.17) is 14.6 Å². The van der Waals surface area contributed by atoms with Gasteiger partial charge in [-0.25, -0.2) is 4.98 Å². The largest absolute Gasteiger partial charge is 0.391 e. The number of hydrogen-bond donors (Lipinski definition) is 1. The van der Waals surface area contributed by atoms with Crippen molar-refractivity contribution in [3.05, 3.63) is 33.6 Å². The minimum Gasteiger partial charge on any atom is -0.391 e. The van der Waals surface area contributed by atoms with E-state index in [1.807, 2.05) is 0 Å². The number of nitro groups is 1. The molecule has 2 heterocycles. The molecular weight excluding hydrogens is 216 g/mol. The second kappa shape index (κ2) is 4.52. The van der Waals surface area contributed by atoms with Crippen molar-refractivity contribution in [2.75, 3.05) is 13.2 Å². The number of aliphatic hydroxyl groups excluding tert-OH is 1. The lowest BCUT2D eigenvalue weighted by molar-refractivity contribution is -0.386. The van der Waals surface area contributed by atoms with Crippen LogP contribution in [0.4, 0.5) is 5.69 Å². The highest BCUT2D eigenvalue weighted by Gasteiger charge is 2.23. The van der Waals surface area contributed by atoms with Crippen molar-refractivity contribution in [1.82, 2.24) is 4.98 Å². The van der Waals surface area contributed by atoms with Crippen LogP contribution in [-0.2, 0) is 16.1 Å². The summed E-state index contributed by atoms with van der Waals surface area (Å²) >= 11 is 0. The average molecular weight is 226 g/mol. The van der Waals surface area contributed by atoms with Gasteiger partial charge in [-0.2, -0.15) is 0 Å². The van der Waals surface area contributed by atoms with Crippen molar-refractivity contribution < 1.29 is 19.5 Å². The van der Waals surface area contributed by atoms with Gasteiger partial charge >= 0.3 is 0 Å². The van der Waals surface area contributed by atoms with E-state index in [1.54, 1.807) is 0 Å². The molecule has 0 saturated carbocycles. The molecule has 1 saturated heterocycles. The summed E-state index contributed by atoms with van der Waals surface area (Å²) in [4.78, 5) is 13.9. The zero-order valence-corrected chi connectivity index (χ0v) is 8.33. The lowest BCUT2D eigenvalue weighted by Gasteiger charge is -2.09. The molecule has 0 atom stereocenters. The van der Waals surface area contributed by atoms with Crippen LogP contribution in [0.25, 0.3) is 0 Å². The molecule has 1 aromatic rings. The van der Waals surface area contributed by atoms with Gasteiger partial charge in [0.2, 0.25) is 6.29 Å². The van der Waals surface area contributed by atoms with E-state index in [9.17, 15) is 10.1 Å². The molecule has 0 radical (unpaired) electrons. The zero-order valence-electron chi connectivity index (χ0n) is 8.33. The van der Waals surface area contributed by atoms with Crippen LogP contribution in [0, 0.1) is 10.1 Å². The first-order valence-electron chi connectivity index (χ1n) is 4.69. The van der Waals surface area contributed by atoms with E-state index in [1.165, 1.54) is 6.07 Å². The summed E-state index contributed by atoms with van der Waals surface area (Å²) < 4.78 is 10.4. The van der Waals surface area contributed by atoms with Gasteiger partial charge in [-0.3, -0.25) is 10.1 Å². The van der Waals surface area contributed by atoms with Crippen molar-refractivity contribution in [1.29, 1.82) is 0 Å². The van der Waals surface area contributed by atoms with Gasteiger partial charge in [-0.1, -0.05) is 0 Å². The van der Waals surface area contributed by atoms with Crippen LogP contribution < -0.4 is 0 Å². The van der Waals surface area contributed by atoms with Crippen LogP contribution in [-0.4, -0.2) is 28.2 Å². The maximum atomic E-state index is 10.6. The van der Waals surface area contributed by atoms with Crippen LogP contribution in [0.5, 0.6) is 0 Å². The Morgan fingerprint density at radius 1 is 1.56 bits per heavy atom. The standard InChI is InChI=1S/C9H10N2O5/c12-5-6-3-7(9-15-1-2-16-9)10-4-8(6)11(13)14/h3-4,9,12H,1-2,5H2. The minimum absolute atomic E-state index is 0.203. The monoisotopic (exact) mass is 226 g/mol. The smallest absolute Gasteiger partial charge is 0.293 e. The molecule has 1 N–H and O–H groups in total. The van der Waals surface area contributed by atoms with Gasteiger partial charge in [0.05, 0.1) is 36.0 Å². The van der Waals surface area contributed by atoms with Gasteiger partial charge in [-0.15, -0.1) is 0 Å². The molecule has 7 nitrogen and oxygen atoms in total. The Balaban J connectivity index is 2.32. The maximum absolute atomic E-state index is 10.6. The van der Waals surface area contributed by atoms with E-state index < -0.39 is 17.8 Å². The third kappa shape index (κ3) is 2.01. The van der Waals surface area contributed by atoms with Crippen molar-refractivity contribution in [3.8, 4) is 0 Å².